The topological polar surface area (TPSA) is 24.5 Å². The molecule has 0 aromatic heterocycles. The highest BCUT2D eigenvalue weighted by molar-refractivity contribution is 4.76. The summed E-state index contributed by atoms with van der Waals surface area (Å²) in [4.78, 5) is 2.54. The van der Waals surface area contributed by atoms with Gasteiger partial charge >= 0.3 is 0 Å². The fraction of sp³-hybridized carbons (Fsp3) is 1.00. The molecule has 96 valence electrons. The van der Waals surface area contributed by atoms with Crippen LogP contribution >= 0.6 is 0 Å². The zero-order valence-corrected chi connectivity index (χ0v) is 11.2. The van der Waals surface area contributed by atoms with E-state index in [2.05, 4.69) is 24.1 Å². The number of piperidine rings is 1. The SMILES string of the molecule is CCCN(CC1CCCCN1)CC(C)OC. The van der Waals surface area contributed by atoms with Crippen molar-refractivity contribution in [2.45, 2.75) is 51.7 Å². The van der Waals surface area contributed by atoms with Crippen LogP contribution < -0.4 is 5.32 Å². The minimum atomic E-state index is 0.343. The molecule has 0 bridgehead atoms. The van der Waals surface area contributed by atoms with E-state index in [-0.39, 0.29) is 0 Å². The number of nitrogens with zero attached hydrogens (tertiary/aromatic N) is 1. The highest BCUT2D eigenvalue weighted by Crippen LogP contribution is 2.09. The standard InChI is InChI=1S/C13H28N2O/c1-4-9-15(10-12(2)16-3)11-13-7-5-6-8-14-13/h12-14H,4-11H2,1-3H3. The van der Waals surface area contributed by atoms with E-state index in [1.165, 1.54) is 45.3 Å². The van der Waals surface area contributed by atoms with Gasteiger partial charge in [-0.3, -0.25) is 4.90 Å². The van der Waals surface area contributed by atoms with Crippen LogP contribution in [0.15, 0.2) is 0 Å². The third-order valence-electron chi connectivity index (χ3n) is 3.35. The molecule has 2 unspecified atom stereocenters. The first kappa shape index (κ1) is 13.9. The second kappa shape index (κ2) is 8.04. The maximum atomic E-state index is 5.35. The largest absolute Gasteiger partial charge is 0.380 e. The zero-order valence-electron chi connectivity index (χ0n) is 11.2. The number of nitrogens with one attached hydrogen (secondary N) is 1. The van der Waals surface area contributed by atoms with Crippen LogP contribution in [0.1, 0.15) is 39.5 Å². The molecule has 0 saturated carbocycles. The average molecular weight is 228 g/mol. The normalized spacial score (nSPS) is 23.6. The molecule has 1 rings (SSSR count). The molecule has 2 atom stereocenters. The Labute approximate surface area is 101 Å². The lowest BCUT2D eigenvalue weighted by Gasteiger charge is -2.31. The molecule has 1 N–H and O–H groups in total. The summed E-state index contributed by atoms with van der Waals surface area (Å²) in [7, 11) is 1.80. The van der Waals surface area contributed by atoms with E-state index in [1.54, 1.807) is 7.11 Å². The Balaban J connectivity index is 2.30. The van der Waals surface area contributed by atoms with Gasteiger partial charge in [0.05, 0.1) is 6.10 Å². The summed E-state index contributed by atoms with van der Waals surface area (Å²) in [6.45, 7) is 9.02. The van der Waals surface area contributed by atoms with Crippen LogP contribution in [0, 0.1) is 0 Å². The summed E-state index contributed by atoms with van der Waals surface area (Å²) >= 11 is 0. The van der Waals surface area contributed by atoms with E-state index in [9.17, 15) is 0 Å². The predicted molar refractivity (Wildman–Crippen MR) is 68.8 cm³/mol. The van der Waals surface area contributed by atoms with Gasteiger partial charge in [-0.2, -0.15) is 0 Å². The molecule has 3 nitrogen and oxygen atoms in total. The Hall–Kier alpha value is -0.120. The van der Waals surface area contributed by atoms with Crippen LogP contribution in [-0.2, 0) is 4.74 Å². The van der Waals surface area contributed by atoms with Crippen LogP contribution in [0.4, 0.5) is 0 Å². The van der Waals surface area contributed by atoms with Crippen molar-refractivity contribution in [2.24, 2.45) is 0 Å². The van der Waals surface area contributed by atoms with Crippen molar-refractivity contribution >= 4 is 0 Å². The number of methoxy groups -OCH3 is 1. The Morgan fingerprint density at radius 3 is 2.81 bits per heavy atom. The monoisotopic (exact) mass is 228 g/mol. The molecule has 1 aliphatic rings. The lowest BCUT2D eigenvalue weighted by atomic mass is 10.0. The molecule has 1 fully saturated rings. The molecule has 0 aromatic rings. The summed E-state index contributed by atoms with van der Waals surface area (Å²) in [6, 6.07) is 0.698. The van der Waals surface area contributed by atoms with Crippen molar-refractivity contribution in [3.8, 4) is 0 Å². The summed E-state index contributed by atoms with van der Waals surface area (Å²) < 4.78 is 5.35. The maximum absolute atomic E-state index is 5.35. The van der Waals surface area contributed by atoms with Gasteiger partial charge in [0.15, 0.2) is 0 Å². The first-order chi connectivity index (χ1) is 7.76. The minimum Gasteiger partial charge on any atom is -0.380 e. The van der Waals surface area contributed by atoms with E-state index in [0.29, 0.717) is 12.1 Å². The van der Waals surface area contributed by atoms with E-state index in [1.807, 2.05) is 0 Å². The molecule has 3 heteroatoms. The first-order valence-corrected chi connectivity index (χ1v) is 6.74. The van der Waals surface area contributed by atoms with Crippen molar-refractivity contribution in [2.75, 3.05) is 33.3 Å². The van der Waals surface area contributed by atoms with Gasteiger partial charge in [-0.15, -0.1) is 0 Å². The van der Waals surface area contributed by atoms with Crippen LogP contribution in [0.5, 0.6) is 0 Å². The zero-order chi connectivity index (χ0) is 11.8. The summed E-state index contributed by atoms with van der Waals surface area (Å²) in [5, 5.41) is 3.62. The summed E-state index contributed by atoms with van der Waals surface area (Å²) in [5.74, 6) is 0. The molecule has 0 aromatic carbocycles. The number of hydrogen-bond donors (Lipinski definition) is 1. The van der Waals surface area contributed by atoms with E-state index in [0.717, 1.165) is 6.54 Å². The Morgan fingerprint density at radius 2 is 2.25 bits per heavy atom. The molecule has 1 saturated heterocycles. The third kappa shape index (κ3) is 5.28. The van der Waals surface area contributed by atoms with Gasteiger partial charge in [-0.1, -0.05) is 13.3 Å². The third-order valence-corrected chi connectivity index (χ3v) is 3.35. The lowest BCUT2D eigenvalue weighted by molar-refractivity contribution is 0.0718. The van der Waals surface area contributed by atoms with Gasteiger partial charge in [-0.05, 0) is 39.3 Å². The number of rotatable bonds is 7. The molecule has 0 radical (unpaired) electrons. The van der Waals surface area contributed by atoms with Gasteiger partial charge in [0, 0.05) is 26.2 Å². The smallest absolute Gasteiger partial charge is 0.0670 e. The predicted octanol–water partition coefficient (Wildman–Crippen LogP) is 1.88. The van der Waals surface area contributed by atoms with Crippen molar-refractivity contribution in [3.05, 3.63) is 0 Å². The minimum absolute atomic E-state index is 0.343. The highest BCUT2D eigenvalue weighted by Gasteiger charge is 2.17. The van der Waals surface area contributed by atoms with Gasteiger partial charge in [0.25, 0.3) is 0 Å². The molecule has 1 aliphatic heterocycles. The summed E-state index contributed by atoms with van der Waals surface area (Å²) in [5.41, 5.74) is 0. The van der Waals surface area contributed by atoms with Crippen LogP contribution in [-0.4, -0.2) is 50.3 Å². The highest BCUT2D eigenvalue weighted by atomic mass is 16.5. The van der Waals surface area contributed by atoms with Crippen LogP contribution in [0.2, 0.25) is 0 Å². The van der Waals surface area contributed by atoms with Crippen LogP contribution in [0.3, 0.4) is 0 Å². The Morgan fingerprint density at radius 1 is 1.44 bits per heavy atom. The van der Waals surface area contributed by atoms with E-state index >= 15 is 0 Å². The second-order valence-corrected chi connectivity index (χ2v) is 4.95. The van der Waals surface area contributed by atoms with Crippen LogP contribution in [0.25, 0.3) is 0 Å². The lowest BCUT2D eigenvalue weighted by Crippen LogP contribution is -2.45. The van der Waals surface area contributed by atoms with Gasteiger partial charge < -0.3 is 10.1 Å². The van der Waals surface area contributed by atoms with Crippen molar-refractivity contribution in [1.82, 2.24) is 10.2 Å². The maximum Gasteiger partial charge on any atom is 0.0670 e. The van der Waals surface area contributed by atoms with E-state index in [4.69, 9.17) is 4.74 Å². The number of ether oxygens (including phenoxy) is 1. The number of hydrogen-bond acceptors (Lipinski definition) is 3. The molecular formula is C13H28N2O. The first-order valence-electron chi connectivity index (χ1n) is 6.74. The van der Waals surface area contributed by atoms with E-state index < -0.39 is 0 Å². The summed E-state index contributed by atoms with van der Waals surface area (Å²) in [6.07, 6.45) is 5.64. The quantitative estimate of drug-likeness (QED) is 0.720. The fourth-order valence-electron chi connectivity index (χ4n) is 2.40. The van der Waals surface area contributed by atoms with Gasteiger partial charge in [0.1, 0.15) is 0 Å². The molecule has 16 heavy (non-hydrogen) atoms. The molecule has 0 aliphatic carbocycles. The molecule has 0 spiro atoms. The molecule has 0 amide bonds. The van der Waals surface area contributed by atoms with Crippen molar-refractivity contribution < 1.29 is 4.74 Å². The molecule has 1 heterocycles. The second-order valence-electron chi connectivity index (χ2n) is 4.95. The fourth-order valence-corrected chi connectivity index (χ4v) is 2.40. The molecular weight excluding hydrogens is 200 g/mol. The Bertz CT molecular complexity index is 169. The van der Waals surface area contributed by atoms with Crippen molar-refractivity contribution in [1.29, 1.82) is 0 Å². The van der Waals surface area contributed by atoms with Gasteiger partial charge in [-0.25, -0.2) is 0 Å². The van der Waals surface area contributed by atoms with Gasteiger partial charge in [0.2, 0.25) is 0 Å². The Kier molecular flexibility index (Phi) is 7.01. The van der Waals surface area contributed by atoms with Crippen molar-refractivity contribution in [3.63, 3.8) is 0 Å². The average Bonchev–Trinajstić information content (AvgIpc) is 2.30.